The minimum absolute atomic E-state index is 0.0337. The van der Waals surface area contributed by atoms with Crippen molar-refractivity contribution in [2.24, 2.45) is 0 Å². The van der Waals surface area contributed by atoms with Crippen LogP contribution >= 0.6 is 35.4 Å². The second kappa shape index (κ2) is 9.41. The number of benzene rings is 2. The summed E-state index contributed by atoms with van der Waals surface area (Å²) in [6.45, 7) is 4.93. The number of thiocarbonyl (C=S) groups is 1. The van der Waals surface area contributed by atoms with Gasteiger partial charge in [0.2, 0.25) is 0 Å². The highest BCUT2D eigenvalue weighted by Crippen LogP contribution is 2.42. The first-order chi connectivity index (χ1) is 16.4. The molecular weight excluding hydrogens is 483 g/mol. The van der Waals surface area contributed by atoms with Crippen molar-refractivity contribution in [1.82, 2.24) is 19.8 Å². The van der Waals surface area contributed by atoms with E-state index >= 15 is 0 Å². The number of rotatable bonds is 5. The minimum atomic E-state index is -0.0768. The topological polar surface area (TPSA) is 33.1 Å². The first-order valence-corrected chi connectivity index (χ1v) is 12.3. The van der Waals surface area contributed by atoms with Gasteiger partial charge in [-0.1, -0.05) is 59.6 Å². The van der Waals surface area contributed by atoms with E-state index in [1.165, 1.54) is 11.1 Å². The van der Waals surface area contributed by atoms with E-state index in [1.54, 1.807) is 6.07 Å². The van der Waals surface area contributed by atoms with Crippen LogP contribution < -0.4 is 5.32 Å². The largest absolute Gasteiger partial charge is 0.352 e. The summed E-state index contributed by atoms with van der Waals surface area (Å²) < 4.78 is 2.19. The SMILES string of the molecule is Cc1cc([C@H]2[C@@H](c3ccccn3)NC(=S)N2Cc2ccccc2)c(C)n1-c1ccc(Cl)cc1Cl. The Labute approximate surface area is 215 Å². The molecule has 2 aromatic heterocycles. The van der Waals surface area contributed by atoms with Crippen LogP contribution in [0.2, 0.25) is 10.0 Å². The van der Waals surface area contributed by atoms with Crippen molar-refractivity contribution in [2.45, 2.75) is 32.5 Å². The molecule has 0 spiro atoms. The van der Waals surface area contributed by atoms with Crippen LogP contribution in [0.1, 0.15) is 40.3 Å². The summed E-state index contributed by atoms with van der Waals surface area (Å²) in [5, 5.41) is 5.50. The Morgan fingerprint density at radius 3 is 2.44 bits per heavy atom. The van der Waals surface area contributed by atoms with E-state index < -0.39 is 0 Å². The zero-order chi connectivity index (χ0) is 23.8. The van der Waals surface area contributed by atoms with Gasteiger partial charge in [0.1, 0.15) is 0 Å². The molecule has 2 atom stereocenters. The predicted octanol–water partition coefficient (Wildman–Crippen LogP) is 6.97. The van der Waals surface area contributed by atoms with E-state index in [9.17, 15) is 0 Å². The maximum absolute atomic E-state index is 6.60. The monoisotopic (exact) mass is 506 g/mol. The molecule has 1 aliphatic rings. The molecule has 0 bridgehead atoms. The van der Waals surface area contributed by atoms with Crippen molar-refractivity contribution >= 4 is 40.5 Å². The number of hydrogen-bond donors (Lipinski definition) is 1. The lowest BCUT2D eigenvalue weighted by Crippen LogP contribution is -2.29. The van der Waals surface area contributed by atoms with Crippen LogP contribution in [0.3, 0.4) is 0 Å². The summed E-state index contributed by atoms with van der Waals surface area (Å²) in [6.07, 6.45) is 1.83. The third-order valence-corrected chi connectivity index (χ3v) is 7.22. The summed E-state index contributed by atoms with van der Waals surface area (Å²) >= 11 is 18.6. The molecule has 1 fully saturated rings. The fourth-order valence-electron chi connectivity index (χ4n) is 4.81. The van der Waals surface area contributed by atoms with Crippen LogP contribution in [0, 0.1) is 13.8 Å². The van der Waals surface area contributed by atoms with Crippen molar-refractivity contribution in [3.63, 3.8) is 0 Å². The summed E-state index contributed by atoms with van der Waals surface area (Å²) in [5.74, 6) is 0. The molecule has 5 rings (SSSR count). The fourth-order valence-corrected chi connectivity index (χ4v) is 5.61. The average molecular weight is 507 g/mol. The second-order valence-corrected chi connectivity index (χ2v) is 9.73. The van der Waals surface area contributed by atoms with Gasteiger partial charge in [-0.25, -0.2) is 0 Å². The second-order valence-electron chi connectivity index (χ2n) is 8.50. The molecule has 1 saturated heterocycles. The van der Waals surface area contributed by atoms with Crippen LogP contribution in [-0.4, -0.2) is 19.6 Å². The van der Waals surface area contributed by atoms with Gasteiger partial charge in [0.15, 0.2) is 5.11 Å². The number of hydrogen-bond acceptors (Lipinski definition) is 2. The number of nitrogens with zero attached hydrogens (tertiary/aromatic N) is 3. The minimum Gasteiger partial charge on any atom is -0.352 e. The summed E-state index contributed by atoms with van der Waals surface area (Å²) in [5.41, 5.74) is 6.45. The van der Waals surface area contributed by atoms with E-state index in [0.29, 0.717) is 16.6 Å². The van der Waals surface area contributed by atoms with Gasteiger partial charge in [-0.3, -0.25) is 4.98 Å². The number of nitrogens with one attached hydrogen (secondary N) is 1. The van der Waals surface area contributed by atoms with Gasteiger partial charge in [0.05, 0.1) is 28.5 Å². The lowest BCUT2D eigenvalue weighted by molar-refractivity contribution is 0.310. The maximum atomic E-state index is 6.60. The highest BCUT2D eigenvalue weighted by atomic mass is 35.5. The van der Waals surface area contributed by atoms with Crippen LogP contribution in [0.25, 0.3) is 5.69 Å². The third-order valence-electron chi connectivity index (χ3n) is 6.33. The lowest BCUT2D eigenvalue weighted by Gasteiger charge is -2.28. The highest BCUT2D eigenvalue weighted by Gasteiger charge is 2.41. The molecule has 34 heavy (non-hydrogen) atoms. The summed E-state index contributed by atoms with van der Waals surface area (Å²) in [4.78, 5) is 6.93. The molecule has 4 aromatic rings. The quantitative estimate of drug-likeness (QED) is 0.296. The summed E-state index contributed by atoms with van der Waals surface area (Å²) in [7, 11) is 0. The highest BCUT2D eigenvalue weighted by molar-refractivity contribution is 7.80. The number of halogens is 2. The maximum Gasteiger partial charge on any atom is 0.170 e. The number of pyridine rings is 1. The molecule has 0 amide bonds. The molecule has 0 saturated carbocycles. The van der Waals surface area contributed by atoms with Crippen molar-refractivity contribution in [1.29, 1.82) is 0 Å². The van der Waals surface area contributed by atoms with Crippen LogP contribution in [-0.2, 0) is 6.54 Å². The van der Waals surface area contributed by atoms with Crippen molar-refractivity contribution < 1.29 is 0 Å². The Kier molecular flexibility index (Phi) is 6.34. The number of aromatic nitrogens is 2. The fraction of sp³-hybridized carbons (Fsp3) is 0.185. The van der Waals surface area contributed by atoms with Gasteiger partial charge in [-0.2, -0.15) is 0 Å². The molecule has 4 nitrogen and oxygen atoms in total. The van der Waals surface area contributed by atoms with Crippen LogP contribution in [0.15, 0.2) is 79.0 Å². The van der Waals surface area contributed by atoms with E-state index in [4.69, 9.17) is 35.4 Å². The van der Waals surface area contributed by atoms with E-state index in [1.807, 2.05) is 36.5 Å². The lowest BCUT2D eigenvalue weighted by atomic mass is 9.96. The van der Waals surface area contributed by atoms with Crippen LogP contribution in [0.4, 0.5) is 0 Å². The van der Waals surface area contributed by atoms with E-state index in [-0.39, 0.29) is 12.1 Å². The molecule has 2 aromatic carbocycles. The Morgan fingerprint density at radius 1 is 0.971 bits per heavy atom. The Balaban J connectivity index is 1.63. The molecule has 1 N–H and O–H groups in total. The molecular formula is C27H24Cl2N4S. The Hall–Kier alpha value is -2.86. The van der Waals surface area contributed by atoms with Gasteiger partial charge >= 0.3 is 0 Å². The summed E-state index contributed by atoms with van der Waals surface area (Å²) in [6, 6.07) is 24.1. The normalized spacial score (nSPS) is 17.8. The van der Waals surface area contributed by atoms with E-state index in [2.05, 4.69) is 70.0 Å². The molecule has 3 heterocycles. The molecule has 0 radical (unpaired) electrons. The van der Waals surface area contributed by atoms with Gasteiger partial charge in [-0.05, 0) is 73.6 Å². The van der Waals surface area contributed by atoms with Gasteiger partial charge in [-0.15, -0.1) is 0 Å². The standard InChI is InChI=1S/C27H24Cl2N4S/c1-17-14-21(18(2)33(17)24-12-11-20(28)15-22(24)29)26-25(23-10-6-7-13-30-23)31-27(34)32(26)16-19-8-4-3-5-9-19/h3-15,25-26H,16H2,1-2H3,(H,31,34)/t25-,26+/m1/s1. The van der Waals surface area contributed by atoms with Crippen molar-refractivity contribution in [3.8, 4) is 5.69 Å². The zero-order valence-electron chi connectivity index (χ0n) is 18.9. The molecule has 7 heteroatoms. The van der Waals surface area contributed by atoms with Gasteiger partial charge in [0.25, 0.3) is 0 Å². The predicted molar refractivity (Wildman–Crippen MR) is 143 cm³/mol. The molecule has 0 aliphatic carbocycles. The van der Waals surface area contributed by atoms with E-state index in [0.717, 1.165) is 27.9 Å². The molecule has 172 valence electrons. The van der Waals surface area contributed by atoms with Crippen molar-refractivity contribution in [2.75, 3.05) is 0 Å². The van der Waals surface area contributed by atoms with Crippen LogP contribution in [0.5, 0.6) is 0 Å². The Morgan fingerprint density at radius 2 is 1.74 bits per heavy atom. The Bertz CT molecular complexity index is 1340. The molecule has 0 unspecified atom stereocenters. The first-order valence-electron chi connectivity index (χ1n) is 11.1. The van der Waals surface area contributed by atoms with Gasteiger partial charge < -0.3 is 14.8 Å². The third kappa shape index (κ3) is 4.20. The smallest absolute Gasteiger partial charge is 0.170 e. The van der Waals surface area contributed by atoms with Gasteiger partial charge in [0, 0.05) is 29.2 Å². The zero-order valence-corrected chi connectivity index (χ0v) is 21.2. The number of aryl methyl sites for hydroxylation is 1. The van der Waals surface area contributed by atoms with Crippen molar-refractivity contribution in [3.05, 3.63) is 117 Å². The molecule has 1 aliphatic heterocycles. The first kappa shape index (κ1) is 22.9. The average Bonchev–Trinajstić information content (AvgIpc) is 3.30.